The molecule has 0 aliphatic heterocycles. The molecule has 0 aliphatic rings. The number of rotatable bonds is 35. The zero-order chi connectivity index (χ0) is 46.2. The SMILES string of the molecule is NCCCC[C@H](NC(=O)[C@H](CCCN=C(N)N)NC(=O)[C@H](CCCCN)NC(=O)[C@@H](N)CCCCN)C(=O)N[C@@H](CCCN=C(N)N)C(=O)N[C@@H](CCCN=C(N)N)C(=O)O. The fourth-order valence-corrected chi connectivity index (χ4v) is 5.84. The van der Waals surface area contributed by atoms with Crippen LogP contribution in [0.25, 0.3) is 0 Å². The van der Waals surface area contributed by atoms with Crippen molar-refractivity contribution in [1.29, 1.82) is 0 Å². The second-order valence-corrected chi connectivity index (χ2v) is 14.5. The number of hydrogen-bond donors (Lipinski definition) is 16. The van der Waals surface area contributed by atoms with Gasteiger partial charge in [-0.2, -0.15) is 0 Å². The summed E-state index contributed by atoms with van der Waals surface area (Å²) in [5.41, 5.74) is 55.6. The summed E-state index contributed by atoms with van der Waals surface area (Å²) >= 11 is 0. The minimum atomic E-state index is -1.35. The average molecular weight is 871 g/mol. The molecule has 0 saturated carbocycles. The number of nitrogens with one attached hydrogen (secondary N) is 5. The van der Waals surface area contributed by atoms with Gasteiger partial charge in [0, 0.05) is 19.6 Å². The van der Waals surface area contributed by atoms with Gasteiger partial charge in [-0.3, -0.25) is 38.9 Å². The number of carbonyl (C=O) groups excluding carboxylic acids is 5. The molecule has 0 rings (SSSR count). The van der Waals surface area contributed by atoms with Gasteiger partial charge in [0.2, 0.25) is 29.5 Å². The molecule has 0 heterocycles. The molecule has 0 aromatic carbocycles. The zero-order valence-electron chi connectivity index (χ0n) is 35.3. The summed E-state index contributed by atoms with van der Waals surface area (Å²) in [6.07, 6.45) is 4.44. The van der Waals surface area contributed by atoms with Gasteiger partial charge >= 0.3 is 5.97 Å². The number of amides is 5. The molecule has 0 saturated heterocycles. The van der Waals surface area contributed by atoms with Crippen molar-refractivity contribution in [2.75, 3.05) is 39.3 Å². The van der Waals surface area contributed by atoms with Gasteiger partial charge in [0.25, 0.3) is 0 Å². The van der Waals surface area contributed by atoms with E-state index in [1.165, 1.54) is 0 Å². The van der Waals surface area contributed by atoms with E-state index in [0.29, 0.717) is 58.0 Å². The topological polar surface area (TPSA) is 480 Å². The molecule has 26 N–H and O–H groups in total. The third kappa shape index (κ3) is 27.0. The number of carboxylic acid groups (broad SMARTS) is 1. The maximum atomic E-state index is 14.0. The van der Waals surface area contributed by atoms with Crippen LogP contribution < -0.4 is 83.9 Å². The van der Waals surface area contributed by atoms with Crippen LogP contribution in [0.4, 0.5) is 0 Å². The second kappa shape index (κ2) is 33.2. The molecule has 0 radical (unpaired) electrons. The lowest BCUT2D eigenvalue weighted by Crippen LogP contribution is -2.59. The maximum Gasteiger partial charge on any atom is 0.326 e. The number of nitrogens with zero attached hydrogens (tertiary/aromatic N) is 3. The minimum absolute atomic E-state index is 0.0170. The molecule has 61 heavy (non-hydrogen) atoms. The van der Waals surface area contributed by atoms with E-state index in [9.17, 15) is 33.9 Å². The predicted octanol–water partition coefficient (Wildman–Crippen LogP) is -5.63. The van der Waals surface area contributed by atoms with Crippen LogP contribution in [0.15, 0.2) is 15.0 Å². The molecule has 0 spiro atoms. The maximum absolute atomic E-state index is 14.0. The minimum Gasteiger partial charge on any atom is -0.480 e. The van der Waals surface area contributed by atoms with Gasteiger partial charge in [0.15, 0.2) is 17.9 Å². The van der Waals surface area contributed by atoms with E-state index in [1.807, 2.05) is 0 Å². The lowest BCUT2D eigenvalue weighted by atomic mass is 10.0. The molecule has 0 aliphatic carbocycles. The van der Waals surface area contributed by atoms with Crippen molar-refractivity contribution in [2.45, 2.75) is 133 Å². The first-order valence-corrected chi connectivity index (χ1v) is 20.7. The fraction of sp³-hybridized carbons (Fsp3) is 0.750. The van der Waals surface area contributed by atoms with Gasteiger partial charge in [-0.05, 0) is 110 Å². The van der Waals surface area contributed by atoms with Gasteiger partial charge in [-0.1, -0.05) is 6.42 Å². The van der Waals surface area contributed by atoms with Gasteiger partial charge in [-0.25, -0.2) is 4.79 Å². The second-order valence-electron chi connectivity index (χ2n) is 14.5. The lowest BCUT2D eigenvalue weighted by molar-refractivity contribution is -0.142. The molecule has 6 atom stereocenters. The highest BCUT2D eigenvalue weighted by Gasteiger charge is 2.32. The number of carbonyl (C=O) groups is 6. The summed E-state index contributed by atoms with van der Waals surface area (Å²) in [4.78, 5) is 92.1. The molecule has 0 fully saturated rings. The molecule has 5 amide bonds. The lowest BCUT2D eigenvalue weighted by Gasteiger charge is -2.27. The first-order valence-electron chi connectivity index (χ1n) is 20.7. The van der Waals surface area contributed by atoms with Crippen molar-refractivity contribution in [2.24, 2.45) is 72.3 Å². The largest absolute Gasteiger partial charge is 0.480 e. The molecule has 25 nitrogen and oxygen atoms in total. The standard InChI is InChI=1S/C36H74N18O7/c37-16-4-1-10-22(40)28(55)50-23(11-2-5-17-38)29(56)52-25(13-7-19-47-34(41)42)31(58)51-24(12-3-6-18-39)30(57)53-26(14-8-20-48-35(43)44)32(59)54-27(33(60)61)15-9-21-49-36(45)46/h22-27H,1-21,37-40H2,(H,50,55)(H,51,58)(H,52,56)(H,53,57)(H,54,59)(H,60,61)(H4,41,42,47)(H4,43,44,48)(H4,45,46,49)/t22-,23-,24-,25-,26-,27-/m0/s1. The summed E-state index contributed by atoms with van der Waals surface area (Å²) in [7, 11) is 0. The van der Waals surface area contributed by atoms with Crippen LogP contribution in [0.5, 0.6) is 0 Å². The molecule has 0 aromatic heterocycles. The van der Waals surface area contributed by atoms with Crippen molar-refractivity contribution in [1.82, 2.24) is 26.6 Å². The summed E-state index contributed by atoms with van der Waals surface area (Å²) in [6, 6.07) is -7.09. The van der Waals surface area contributed by atoms with Gasteiger partial charge in [-0.15, -0.1) is 0 Å². The third-order valence-electron chi connectivity index (χ3n) is 9.18. The van der Waals surface area contributed by atoms with Gasteiger partial charge < -0.3 is 89.0 Å². The number of unbranched alkanes of at least 4 members (excludes halogenated alkanes) is 3. The Balaban J connectivity index is 6.51. The highest BCUT2D eigenvalue weighted by atomic mass is 16.4. The summed E-state index contributed by atoms with van der Waals surface area (Å²) in [5.74, 6) is -5.42. The molecule has 0 aromatic rings. The molecular weight excluding hydrogens is 797 g/mol. The number of hydrogen-bond acceptors (Lipinski definition) is 13. The quantitative estimate of drug-likeness (QED) is 0.0160. The van der Waals surface area contributed by atoms with Crippen molar-refractivity contribution in [3.05, 3.63) is 0 Å². The molecule has 0 unspecified atom stereocenters. The van der Waals surface area contributed by atoms with Crippen molar-refractivity contribution >= 4 is 53.4 Å². The van der Waals surface area contributed by atoms with Crippen LogP contribution in [0.1, 0.15) is 96.3 Å². The Morgan fingerprint density at radius 2 is 0.656 bits per heavy atom. The van der Waals surface area contributed by atoms with Crippen molar-refractivity contribution in [3.8, 4) is 0 Å². The fourth-order valence-electron chi connectivity index (χ4n) is 5.84. The van der Waals surface area contributed by atoms with Crippen molar-refractivity contribution < 1.29 is 33.9 Å². The number of aliphatic imine (C=N–C) groups is 3. The highest BCUT2D eigenvalue weighted by Crippen LogP contribution is 2.10. The van der Waals surface area contributed by atoms with Crippen LogP contribution >= 0.6 is 0 Å². The molecule has 0 bridgehead atoms. The molecular formula is C36H74N18O7. The van der Waals surface area contributed by atoms with Crippen LogP contribution in [-0.2, 0) is 28.8 Å². The van der Waals surface area contributed by atoms with E-state index in [2.05, 4.69) is 41.6 Å². The predicted molar refractivity (Wildman–Crippen MR) is 234 cm³/mol. The number of aliphatic carboxylic acids is 1. The Morgan fingerprint density at radius 1 is 0.393 bits per heavy atom. The Morgan fingerprint density at radius 3 is 0.951 bits per heavy atom. The normalized spacial score (nSPS) is 13.8. The van der Waals surface area contributed by atoms with Crippen LogP contribution in [-0.4, -0.2) is 134 Å². The Bertz CT molecular complexity index is 1420. The first-order chi connectivity index (χ1) is 29.0. The number of guanidine groups is 3. The highest BCUT2D eigenvalue weighted by molar-refractivity contribution is 5.96. The molecule has 25 heteroatoms. The zero-order valence-corrected chi connectivity index (χ0v) is 35.3. The van der Waals surface area contributed by atoms with Gasteiger partial charge in [0.1, 0.15) is 30.2 Å². The van der Waals surface area contributed by atoms with Crippen LogP contribution in [0.2, 0.25) is 0 Å². The van der Waals surface area contributed by atoms with E-state index in [-0.39, 0.29) is 95.4 Å². The Labute approximate surface area is 357 Å². The van der Waals surface area contributed by atoms with Crippen molar-refractivity contribution in [3.63, 3.8) is 0 Å². The average Bonchev–Trinajstić information content (AvgIpc) is 3.19. The molecule has 350 valence electrons. The van der Waals surface area contributed by atoms with E-state index >= 15 is 0 Å². The van der Waals surface area contributed by atoms with E-state index in [4.69, 9.17) is 57.3 Å². The van der Waals surface area contributed by atoms with Crippen LogP contribution in [0.3, 0.4) is 0 Å². The Kier molecular flexibility index (Phi) is 30.2. The first kappa shape index (κ1) is 55.5. The Hall–Kier alpha value is -5.53. The van der Waals surface area contributed by atoms with Gasteiger partial charge in [0.05, 0.1) is 6.04 Å². The third-order valence-corrected chi connectivity index (χ3v) is 9.18. The smallest absolute Gasteiger partial charge is 0.326 e. The summed E-state index contributed by atoms with van der Waals surface area (Å²) < 4.78 is 0. The number of nitrogens with two attached hydrogens (primary N) is 10. The summed E-state index contributed by atoms with van der Waals surface area (Å²) in [6.45, 7) is 1.40. The summed E-state index contributed by atoms with van der Waals surface area (Å²) in [5, 5.41) is 23.0. The monoisotopic (exact) mass is 871 g/mol. The van der Waals surface area contributed by atoms with E-state index in [1.54, 1.807) is 0 Å². The van der Waals surface area contributed by atoms with Crippen LogP contribution in [0, 0.1) is 0 Å². The van der Waals surface area contributed by atoms with E-state index in [0.717, 1.165) is 0 Å². The number of carboxylic acids is 1. The van der Waals surface area contributed by atoms with E-state index < -0.39 is 71.8 Å².